The smallest absolute Gasteiger partial charge is 0.134 e. The largest absolute Gasteiger partial charge is 0.300 e. The number of carbonyl (C=O) groups is 1. The van der Waals surface area contributed by atoms with Crippen LogP contribution in [0, 0.1) is 0 Å². The molecule has 5 aromatic carbocycles. The van der Waals surface area contributed by atoms with E-state index >= 15 is 0 Å². The summed E-state index contributed by atoms with van der Waals surface area (Å²) >= 11 is 0. The minimum absolute atomic E-state index is 0.0765. The molecular weight excluding hydrogens is 784 g/mol. The highest BCUT2D eigenvalue weighted by molar-refractivity contribution is 7.66. The molecule has 0 saturated carbocycles. The molecule has 3 heterocycles. The molecule has 3 nitrogen and oxygen atoms in total. The minimum atomic E-state index is -1.19. The Morgan fingerprint density at radius 2 is 0.746 bits per heavy atom. The number of Topliss-reactive ketones (excluding diaryl/α,β-unsaturated/α-hetero) is 1. The second-order valence-electron chi connectivity index (χ2n) is 18.7. The molecule has 1 saturated heterocycles. The Labute approximate surface area is 378 Å². The van der Waals surface area contributed by atoms with E-state index < -0.39 is 7.92 Å². The van der Waals surface area contributed by atoms with Crippen molar-refractivity contribution in [1.82, 2.24) is 9.97 Å². The number of carbonyl (C=O) groups excluding carboxylic acids is 1. The average Bonchev–Trinajstić information content (AvgIpc) is 3.30. The molecule has 4 unspecified atom stereocenters. The van der Waals surface area contributed by atoms with Gasteiger partial charge in [0.2, 0.25) is 0 Å². The first-order valence-corrected chi connectivity index (χ1v) is 24.6. The molecule has 2 aromatic heterocycles. The van der Waals surface area contributed by atoms with Crippen molar-refractivity contribution in [3.63, 3.8) is 0 Å². The molecule has 0 N–H and O–H groups in total. The Kier molecular flexibility index (Phi) is 13.6. The van der Waals surface area contributed by atoms with Gasteiger partial charge in [-0.1, -0.05) is 191 Å². The van der Waals surface area contributed by atoms with Crippen molar-refractivity contribution in [3.8, 4) is 0 Å². The zero-order valence-electron chi connectivity index (χ0n) is 38.4. The molecule has 8 rings (SSSR count). The third kappa shape index (κ3) is 9.01. The fourth-order valence-electron chi connectivity index (χ4n) is 10.4. The number of aromatic nitrogens is 2. The predicted octanol–water partition coefficient (Wildman–Crippen LogP) is 15.3. The maximum atomic E-state index is 14.4. The lowest BCUT2D eigenvalue weighted by molar-refractivity contribution is -0.119. The molecule has 4 atom stereocenters. The van der Waals surface area contributed by atoms with Crippen molar-refractivity contribution in [2.24, 2.45) is 0 Å². The second kappa shape index (κ2) is 19.5. The molecule has 7 aromatic rings. The molecule has 63 heavy (non-hydrogen) atoms. The van der Waals surface area contributed by atoms with Gasteiger partial charge in [-0.15, -0.1) is 0 Å². The highest BCUT2D eigenvalue weighted by Gasteiger charge is 2.45. The fraction of sp³-hybridized carbons (Fsp3) is 0.305. The first kappa shape index (κ1) is 44.1. The Balaban J connectivity index is 1.59. The number of nitrogens with zero attached hydrogens (tertiary/aromatic N) is 2. The number of hydrogen-bond acceptors (Lipinski definition) is 3. The first-order chi connectivity index (χ1) is 30.5. The summed E-state index contributed by atoms with van der Waals surface area (Å²) in [6.45, 7) is 18.7. The maximum absolute atomic E-state index is 14.4. The average molecular weight is 847 g/mol. The highest BCUT2D eigenvalue weighted by atomic mass is 31.1. The van der Waals surface area contributed by atoms with Gasteiger partial charge in [0.25, 0.3) is 0 Å². The van der Waals surface area contributed by atoms with Gasteiger partial charge in [0, 0.05) is 59.8 Å². The summed E-state index contributed by atoms with van der Waals surface area (Å²) in [4.78, 5) is 24.6. The summed E-state index contributed by atoms with van der Waals surface area (Å²) in [6, 6.07) is 56.2. The van der Waals surface area contributed by atoms with Crippen molar-refractivity contribution in [2.45, 2.75) is 115 Å². The van der Waals surface area contributed by atoms with Gasteiger partial charge in [-0.25, -0.2) is 0 Å². The maximum Gasteiger partial charge on any atom is 0.134 e. The minimum Gasteiger partial charge on any atom is -0.300 e. The van der Waals surface area contributed by atoms with Crippen LogP contribution in [-0.2, 0) is 4.79 Å². The number of ketones is 1. The predicted molar refractivity (Wildman–Crippen MR) is 265 cm³/mol. The third-order valence-corrected chi connectivity index (χ3v) is 16.5. The van der Waals surface area contributed by atoms with E-state index in [2.05, 4.69) is 195 Å². The van der Waals surface area contributed by atoms with Crippen molar-refractivity contribution >= 4 is 19.0 Å². The van der Waals surface area contributed by atoms with Crippen LogP contribution in [0.2, 0.25) is 0 Å². The van der Waals surface area contributed by atoms with Crippen molar-refractivity contribution in [2.75, 3.05) is 0 Å². The molecule has 0 radical (unpaired) electrons. The number of pyridine rings is 2. The lowest BCUT2D eigenvalue weighted by Crippen LogP contribution is -2.31. The molecule has 0 spiro atoms. The number of benzene rings is 5. The Hall–Kier alpha value is -5.50. The van der Waals surface area contributed by atoms with Crippen molar-refractivity contribution in [1.29, 1.82) is 0 Å². The van der Waals surface area contributed by atoms with E-state index in [0.29, 0.717) is 36.5 Å². The zero-order chi connectivity index (χ0) is 44.2. The van der Waals surface area contributed by atoms with Crippen LogP contribution >= 0.6 is 7.92 Å². The van der Waals surface area contributed by atoms with Gasteiger partial charge in [-0.05, 0) is 109 Å². The quantitative estimate of drug-likeness (QED) is 0.0858. The van der Waals surface area contributed by atoms with Crippen molar-refractivity contribution in [3.05, 3.63) is 231 Å². The number of rotatable bonds is 13. The molecule has 320 valence electrons. The van der Waals surface area contributed by atoms with Crippen LogP contribution in [0.5, 0.6) is 0 Å². The van der Waals surface area contributed by atoms with Crippen LogP contribution in [-0.4, -0.2) is 15.8 Å². The molecule has 0 amide bonds. The van der Waals surface area contributed by atoms with Gasteiger partial charge in [-0.3, -0.25) is 14.8 Å². The van der Waals surface area contributed by atoms with Gasteiger partial charge in [0.1, 0.15) is 5.78 Å². The van der Waals surface area contributed by atoms with E-state index in [9.17, 15) is 4.79 Å². The summed E-state index contributed by atoms with van der Waals surface area (Å²) in [5.41, 5.74) is 15.3. The van der Waals surface area contributed by atoms with Gasteiger partial charge >= 0.3 is 0 Å². The summed E-state index contributed by atoms with van der Waals surface area (Å²) in [6.07, 6.45) is 4.72. The van der Waals surface area contributed by atoms with E-state index in [4.69, 9.17) is 9.97 Å². The fourth-order valence-corrected chi connectivity index (χ4v) is 14.1. The first-order valence-electron chi connectivity index (χ1n) is 23.1. The summed E-state index contributed by atoms with van der Waals surface area (Å²) in [5.74, 6) is 1.35. The number of hydrogen-bond donors (Lipinski definition) is 0. The highest BCUT2D eigenvalue weighted by Crippen LogP contribution is 2.67. The summed E-state index contributed by atoms with van der Waals surface area (Å²) < 4.78 is 0. The van der Waals surface area contributed by atoms with Crippen LogP contribution in [0.3, 0.4) is 0 Å². The third-order valence-electron chi connectivity index (χ3n) is 13.2. The molecular formula is C59H63N2OP. The van der Waals surface area contributed by atoms with E-state index in [1.807, 2.05) is 24.5 Å². The molecule has 0 bridgehead atoms. The lowest BCUT2D eigenvalue weighted by Gasteiger charge is -2.42. The molecule has 1 aliphatic rings. The molecule has 4 heteroatoms. The molecule has 1 aliphatic heterocycles. The van der Waals surface area contributed by atoms with E-state index in [0.717, 1.165) is 11.4 Å². The molecule has 0 aliphatic carbocycles. The van der Waals surface area contributed by atoms with E-state index in [1.54, 1.807) is 0 Å². The van der Waals surface area contributed by atoms with Gasteiger partial charge < -0.3 is 0 Å². The van der Waals surface area contributed by atoms with Crippen molar-refractivity contribution < 1.29 is 4.79 Å². The SMILES string of the molecule is CC(C)c1cccc(C(C)C)c1C(c1ccccc1)c1cccc(C(c2ccccc2)c2c(C(C)C)cccc2C(C)C)c1P1C(c2ccccn2)CC(=O)CC1c1ccccn1. The van der Waals surface area contributed by atoms with Crippen LogP contribution in [0.15, 0.2) is 164 Å². The van der Waals surface area contributed by atoms with Gasteiger partial charge in [0.05, 0.1) is 0 Å². The zero-order valence-corrected chi connectivity index (χ0v) is 39.3. The standard InChI is InChI=1S/C59H63N2OP/c1-38(2)45-26-19-27-46(39(3)4)57(45)55(42-22-11-9-12-23-42)49-30-21-31-50(56(43-24-13-10-14-25-43)58-47(40(5)6)28-20-29-48(58)41(7)8)59(49)63-53(51-32-15-17-34-60-51)36-44(62)37-54(63)52-33-16-18-35-61-52/h9-35,38-41,53-56H,36-37H2,1-8H3. The van der Waals surface area contributed by atoms with E-state index in [-0.39, 0.29) is 28.9 Å². The monoisotopic (exact) mass is 846 g/mol. The van der Waals surface area contributed by atoms with Crippen LogP contribution in [0.25, 0.3) is 0 Å². The Morgan fingerprint density at radius 1 is 0.413 bits per heavy atom. The van der Waals surface area contributed by atoms with Crippen LogP contribution in [0.1, 0.15) is 182 Å². The summed E-state index contributed by atoms with van der Waals surface area (Å²) in [5, 5.41) is 1.38. The van der Waals surface area contributed by atoms with E-state index in [1.165, 1.54) is 60.9 Å². The Morgan fingerprint density at radius 3 is 1.06 bits per heavy atom. The van der Waals surface area contributed by atoms with Gasteiger partial charge in [0.15, 0.2) is 0 Å². The lowest BCUT2D eigenvalue weighted by atomic mass is 9.73. The Bertz CT molecular complexity index is 2390. The molecule has 1 fully saturated rings. The normalized spacial score (nSPS) is 17.7. The van der Waals surface area contributed by atoms with Crippen LogP contribution in [0.4, 0.5) is 0 Å². The van der Waals surface area contributed by atoms with Gasteiger partial charge in [-0.2, -0.15) is 0 Å². The summed E-state index contributed by atoms with van der Waals surface area (Å²) in [7, 11) is -1.19. The second-order valence-corrected chi connectivity index (χ2v) is 21.2. The topological polar surface area (TPSA) is 42.9 Å². The van der Waals surface area contributed by atoms with Crippen LogP contribution < -0.4 is 5.30 Å².